The minimum absolute atomic E-state index is 0.338. The van der Waals surface area contributed by atoms with Crippen LogP contribution < -0.4 is 11.1 Å². The third-order valence-electron chi connectivity index (χ3n) is 2.76. The fourth-order valence-electron chi connectivity index (χ4n) is 1.72. The molecule has 0 saturated heterocycles. The monoisotopic (exact) mass is 236 g/mol. The molecule has 1 aromatic heterocycles. The highest BCUT2D eigenvalue weighted by Crippen LogP contribution is 2.04. The highest BCUT2D eigenvalue weighted by atomic mass is 15.0. The fraction of sp³-hybridized carbons (Fsp3) is 0.692. The Kier molecular flexibility index (Phi) is 7.30. The van der Waals surface area contributed by atoms with Crippen molar-refractivity contribution in [1.82, 2.24) is 15.3 Å². The van der Waals surface area contributed by atoms with Crippen molar-refractivity contribution in [2.45, 2.75) is 52.0 Å². The van der Waals surface area contributed by atoms with Crippen LogP contribution in [0, 0.1) is 0 Å². The van der Waals surface area contributed by atoms with E-state index in [1.54, 1.807) is 12.4 Å². The summed E-state index contributed by atoms with van der Waals surface area (Å²) in [6, 6.07) is 0. The van der Waals surface area contributed by atoms with E-state index in [1.807, 2.05) is 0 Å². The molecular formula is C13H24N4. The van der Waals surface area contributed by atoms with E-state index in [9.17, 15) is 0 Å². The van der Waals surface area contributed by atoms with Gasteiger partial charge in [0, 0.05) is 24.5 Å². The van der Waals surface area contributed by atoms with Gasteiger partial charge in [-0.1, -0.05) is 39.0 Å². The van der Waals surface area contributed by atoms with E-state index >= 15 is 0 Å². The molecule has 0 fully saturated rings. The molecule has 0 aliphatic carbocycles. The third-order valence-corrected chi connectivity index (χ3v) is 2.76. The van der Waals surface area contributed by atoms with Gasteiger partial charge in [-0.2, -0.15) is 0 Å². The summed E-state index contributed by atoms with van der Waals surface area (Å²) in [4.78, 5) is 7.91. The lowest BCUT2D eigenvalue weighted by Crippen LogP contribution is -2.15. The number of nitrogens with zero attached hydrogens (tertiary/aromatic N) is 2. The lowest BCUT2D eigenvalue weighted by molar-refractivity contribution is 0.571. The average molecular weight is 236 g/mol. The fourth-order valence-corrected chi connectivity index (χ4v) is 1.72. The first-order valence-electron chi connectivity index (χ1n) is 6.60. The largest absolute Gasteiger partial charge is 0.368 e. The molecule has 0 unspecified atom stereocenters. The van der Waals surface area contributed by atoms with E-state index in [2.05, 4.69) is 22.2 Å². The highest BCUT2D eigenvalue weighted by Gasteiger charge is 1.94. The van der Waals surface area contributed by atoms with Crippen molar-refractivity contribution in [3.05, 3.63) is 18.0 Å². The second-order valence-electron chi connectivity index (χ2n) is 4.39. The van der Waals surface area contributed by atoms with E-state index < -0.39 is 0 Å². The first kappa shape index (κ1) is 13.9. The lowest BCUT2D eigenvalue weighted by atomic mass is 10.1. The SMILES string of the molecule is CCCCCCCCNCc1cnc(N)nc1. The van der Waals surface area contributed by atoms with Crippen molar-refractivity contribution >= 4 is 5.95 Å². The number of nitrogens with two attached hydrogens (primary N) is 1. The van der Waals surface area contributed by atoms with Crippen LogP contribution in [0.1, 0.15) is 51.0 Å². The van der Waals surface area contributed by atoms with Gasteiger partial charge in [-0.25, -0.2) is 9.97 Å². The van der Waals surface area contributed by atoms with Gasteiger partial charge in [-0.05, 0) is 13.0 Å². The molecular weight excluding hydrogens is 212 g/mol. The van der Waals surface area contributed by atoms with E-state index in [4.69, 9.17) is 5.73 Å². The summed E-state index contributed by atoms with van der Waals surface area (Å²) in [5.41, 5.74) is 6.51. The Morgan fingerprint density at radius 2 is 1.71 bits per heavy atom. The molecule has 4 heteroatoms. The van der Waals surface area contributed by atoms with Gasteiger partial charge in [0.05, 0.1) is 0 Å². The number of nitrogens with one attached hydrogen (secondary N) is 1. The maximum Gasteiger partial charge on any atom is 0.219 e. The molecule has 0 atom stereocenters. The van der Waals surface area contributed by atoms with E-state index in [-0.39, 0.29) is 0 Å². The smallest absolute Gasteiger partial charge is 0.219 e. The Morgan fingerprint density at radius 3 is 2.41 bits per heavy atom. The number of hydrogen-bond acceptors (Lipinski definition) is 4. The van der Waals surface area contributed by atoms with Crippen molar-refractivity contribution in [2.75, 3.05) is 12.3 Å². The van der Waals surface area contributed by atoms with Crippen LogP contribution in [0.25, 0.3) is 0 Å². The summed E-state index contributed by atoms with van der Waals surface area (Å²) in [5, 5.41) is 3.39. The minimum atomic E-state index is 0.338. The normalized spacial score (nSPS) is 10.6. The van der Waals surface area contributed by atoms with Gasteiger partial charge in [0.15, 0.2) is 0 Å². The topological polar surface area (TPSA) is 63.8 Å². The van der Waals surface area contributed by atoms with Crippen LogP contribution in [0.15, 0.2) is 12.4 Å². The molecule has 1 aromatic rings. The quantitative estimate of drug-likeness (QED) is 0.647. The summed E-state index contributed by atoms with van der Waals surface area (Å²) in [6.45, 7) is 4.14. The van der Waals surface area contributed by atoms with Crippen molar-refractivity contribution in [1.29, 1.82) is 0 Å². The van der Waals surface area contributed by atoms with Gasteiger partial charge in [0.2, 0.25) is 5.95 Å². The molecule has 0 bridgehead atoms. The van der Waals surface area contributed by atoms with Crippen molar-refractivity contribution in [3.63, 3.8) is 0 Å². The number of unbranched alkanes of at least 4 members (excludes halogenated alkanes) is 5. The molecule has 1 heterocycles. The van der Waals surface area contributed by atoms with Crippen LogP contribution in [0.5, 0.6) is 0 Å². The molecule has 0 amide bonds. The Balaban J connectivity index is 1.95. The summed E-state index contributed by atoms with van der Waals surface area (Å²) >= 11 is 0. The Hall–Kier alpha value is -1.16. The molecule has 0 aromatic carbocycles. The Morgan fingerprint density at radius 1 is 1.06 bits per heavy atom. The third kappa shape index (κ3) is 6.89. The second-order valence-corrected chi connectivity index (χ2v) is 4.39. The van der Waals surface area contributed by atoms with Crippen LogP contribution in [-0.2, 0) is 6.54 Å². The highest BCUT2D eigenvalue weighted by molar-refractivity contribution is 5.16. The zero-order valence-corrected chi connectivity index (χ0v) is 10.8. The van der Waals surface area contributed by atoms with Gasteiger partial charge in [-0.15, -0.1) is 0 Å². The van der Waals surface area contributed by atoms with Crippen LogP contribution in [-0.4, -0.2) is 16.5 Å². The van der Waals surface area contributed by atoms with Gasteiger partial charge >= 0.3 is 0 Å². The molecule has 0 saturated carbocycles. The van der Waals surface area contributed by atoms with Gasteiger partial charge in [0.1, 0.15) is 0 Å². The van der Waals surface area contributed by atoms with Crippen molar-refractivity contribution in [3.8, 4) is 0 Å². The zero-order valence-electron chi connectivity index (χ0n) is 10.8. The minimum Gasteiger partial charge on any atom is -0.368 e. The molecule has 3 N–H and O–H groups in total. The molecule has 0 radical (unpaired) electrons. The van der Waals surface area contributed by atoms with Gasteiger partial charge in [-0.3, -0.25) is 0 Å². The predicted molar refractivity (Wildman–Crippen MR) is 71.5 cm³/mol. The zero-order chi connectivity index (χ0) is 12.3. The predicted octanol–water partition coefficient (Wildman–Crippen LogP) is 2.51. The van der Waals surface area contributed by atoms with Gasteiger partial charge in [0.25, 0.3) is 0 Å². The van der Waals surface area contributed by atoms with E-state index in [0.717, 1.165) is 18.7 Å². The first-order chi connectivity index (χ1) is 8.33. The maximum absolute atomic E-state index is 5.42. The van der Waals surface area contributed by atoms with E-state index in [0.29, 0.717) is 5.95 Å². The summed E-state index contributed by atoms with van der Waals surface area (Å²) in [6.07, 6.45) is 11.5. The number of rotatable bonds is 9. The summed E-state index contributed by atoms with van der Waals surface area (Å²) in [7, 11) is 0. The number of anilines is 1. The van der Waals surface area contributed by atoms with Gasteiger partial charge < -0.3 is 11.1 Å². The standard InChI is InChI=1S/C13H24N4/c1-2-3-4-5-6-7-8-15-9-12-10-16-13(14)17-11-12/h10-11,15H,2-9H2,1H3,(H2,14,16,17). The molecule has 17 heavy (non-hydrogen) atoms. The number of nitrogen functional groups attached to an aromatic ring is 1. The number of aromatic nitrogens is 2. The molecule has 0 aliphatic heterocycles. The first-order valence-corrected chi connectivity index (χ1v) is 6.60. The molecule has 96 valence electrons. The molecule has 1 rings (SSSR count). The summed E-state index contributed by atoms with van der Waals surface area (Å²) < 4.78 is 0. The molecule has 0 spiro atoms. The van der Waals surface area contributed by atoms with Crippen molar-refractivity contribution < 1.29 is 0 Å². The van der Waals surface area contributed by atoms with Crippen LogP contribution in [0.3, 0.4) is 0 Å². The Bertz CT molecular complexity index is 284. The second kappa shape index (κ2) is 8.93. The lowest BCUT2D eigenvalue weighted by Gasteiger charge is -2.04. The van der Waals surface area contributed by atoms with Crippen LogP contribution in [0.4, 0.5) is 5.95 Å². The van der Waals surface area contributed by atoms with Crippen LogP contribution >= 0.6 is 0 Å². The Labute approximate surface area is 104 Å². The average Bonchev–Trinajstić information content (AvgIpc) is 2.35. The van der Waals surface area contributed by atoms with Crippen LogP contribution in [0.2, 0.25) is 0 Å². The van der Waals surface area contributed by atoms with Crippen molar-refractivity contribution in [2.24, 2.45) is 0 Å². The summed E-state index contributed by atoms with van der Waals surface area (Å²) in [5.74, 6) is 0.338. The molecule has 4 nitrogen and oxygen atoms in total. The number of hydrogen-bond donors (Lipinski definition) is 2. The van der Waals surface area contributed by atoms with E-state index in [1.165, 1.54) is 38.5 Å². The maximum atomic E-state index is 5.42. The molecule has 0 aliphatic rings.